The molecule has 0 fully saturated rings. The number of nitrogens with zero attached hydrogens (tertiary/aromatic N) is 2. The third kappa shape index (κ3) is 2.52. The van der Waals surface area contributed by atoms with Crippen LogP contribution in [0.25, 0.3) is 0 Å². The summed E-state index contributed by atoms with van der Waals surface area (Å²) in [5.41, 5.74) is 0. The Morgan fingerprint density at radius 3 is 2.83 bits per heavy atom. The van der Waals surface area contributed by atoms with Gasteiger partial charge in [-0.05, 0) is 22.9 Å². The quantitative estimate of drug-likeness (QED) is 0.766. The zero-order valence-electron chi connectivity index (χ0n) is 7.54. The molecule has 1 aromatic rings. The van der Waals surface area contributed by atoms with Crippen LogP contribution >= 0.6 is 27.7 Å². The lowest BCUT2D eigenvalue weighted by molar-refractivity contribution is 0.680. The Balaban J connectivity index is 2.81. The van der Waals surface area contributed by atoms with Gasteiger partial charge in [-0.1, -0.05) is 25.6 Å². The minimum absolute atomic E-state index is 0.588. The van der Waals surface area contributed by atoms with Crippen molar-refractivity contribution in [3.05, 3.63) is 10.8 Å². The van der Waals surface area contributed by atoms with Gasteiger partial charge < -0.3 is 4.57 Å². The molecule has 1 rings (SSSR count). The molecule has 0 aliphatic rings. The maximum atomic E-state index is 4.36. The molecule has 0 aliphatic carbocycles. The average Bonchev–Trinajstić information content (AvgIpc) is 2.29. The molecule has 4 heteroatoms. The molecule has 0 spiro atoms. The summed E-state index contributed by atoms with van der Waals surface area (Å²) in [6, 6.07) is 0. The molecule has 12 heavy (non-hydrogen) atoms. The second-order valence-corrected chi connectivity index (χ2v) is 5.15. The number of aromatic nitrogens is 2. The van der Waals surface area contributed by atoms with Crippen LogP contribution < -0.4 is 0 Å². The lowest BCUT2D eigenvalue weighted by Crippen LogP contribution is -1.97. The standard InChI is InChI=1S/C8H13BrN2S/c1-4-11-5-7(9)10-8(11)12-6(2)3/h5-6H,4H2,1-3H3. The van der Waals surface area contributed by atoms with Crippen molar-refractivity contribution in [2.24, 2.45) is 0 Å². The van der Waals surface area contributed by atoms with Gasteiger partial charge in [-0.2, -0.15) is 0 Å². The summed E-state index contributed by atoms with van der Waals surface area (Å²) in [5.74, 6) is 0. The summed E-state index contributed by atoms with van der Waals surface area (Å²) in [7, 11) is 0. The maximum absolute atomic E-state index is 4.36. The van der Waals surface area contributed by atoms with Crippen LogP contribution in [0.1, 0.15) is 20.8 Å². The molecule has 0 aliphatic heterocycles. The minimum Gasteiger partial charge on any atom is -0.325 e. The fraction of sp³-hybridized carbons (Fsp3) is 0.625. The van der Waals surface area contributed by atoms with Crippen LogP contribution in [0.4, 0.5) is 0 Å². The molecular formula is C8H13BrN2S. The highest BCUT2D eigenvalue weighted by Gasteiger charge is 2.06. The zero-order chi connectivity index (χ0) is 9.14. The largest absolute Gasteiger partial charge is 0.325 e. The minimum atomic E-state index is 0.588. The molecular weight excluding hydrogens is 236 g/mol. The van der Waals surface area contributed by atoms with Crippen LogP contribution in [0.5, 0.6) is 0 Å². The van der Waals surface area contributed by atoms with Crippen LogP contribution in [0.2, 0.25) is 0 Å². The predicted octanol–water partition coefficient (Wildman–Crippen LogP) is 3.17. The fourth-order valence-electron chi connectivity index (χ4n) is 0.900. The van der Waals surface area contributed by atoms with E-state index in [1.807, 2.05) is 6.20 Å². The Labute approximate surface area is 85.9 Å². The van der Waals surface area contributed by atoms with Gasteiger partial charge in [0.15, 0.2) is 5.16 Å². The molecule has 0 unspecified atom stereocenters. The lowest BCUT2D eigenvalue weighted by atomic mass is 10.6. The van der Waals surface area contributed by atoms with E-state index >= 15 is 0 Å². The Morgan fingerprint density at radius 1 is 1.67 bits per heavy atom. The highest BCUT2D eigenvalue weighted by molar-refractivity contribution is 9.10. The maximum Gasteiger partial charge on any atom is 0.169 e. The van der Waals surface area contributed by atoms with Crippen molar-refractivity contribution < 1.29 is 0 Å². The first-order valence-electron chi connectivity index (χ1n) is 4.02. The van der Waals surface area contributed by atoms with Crippen LogP contribution in [0.3, 0.4) is 0 Å². The van der Waals surface area contributed by atoms with E-state index in [4.69, 9.17) is 0 Å². The fourth-order valence-corrected chi connectivity index (χ4v) is 2.32. The van der Waals surface area contributed by atoms with Crippen LogP contribution in [0, 0.1) is 0 Å². The van der Waals surface area contributed by atoms with E-state index in [0.29, 0.717) is 5.25 Å². The molecule has 2 nitrogen and oxygen atoms in total. The van der Waals surface area contributed by atoms with Gasteiger partial charge in [-0.3, -0.25) is 0 Å². The number of thioether (sulfide) groups is 1. The molecule has 0 atom stereocenters. The molecule has 0 radical (unpaired) electrons. The molecule has 0 bridgehead atoms. The molecule has 0 aromatic carbocycles. The molecule has 0 N–H and O–H groups in total. The number of halogens is 1. The van der Waals surface area contributed by atoms with Gasteiger partial charge in [0, 0.05) is 18.0 Å². The number of aryl methyl sites for hydroxylation is 1. The lowest BCUT2D eigenvalue weighted by Gasteiger charge is -2.05. The molecule has 1 aromatic heterocycles. The van der Waals surface area contributed by atoms with Gasteiger partial charge in [0.25, 0.3) is 0 Å². The third-order valence-electron chi connectivity index (χ3n) is 1.39. The van der Waals surface area contributed by atoms with Gasteiger partial charge >= 0.3 is 0 Å². The zero-order valence-corrected chi connectivity index (χ0v) is 9.94. The van der Waals surface area contributed by atoms with E-state index in [1.54, 1.807) is 11.8 Å². The highest BCUT2D eigenvalue weighted by atomic mass is 79.9. The normalized spacial score (nSPS) is 11.1. The predicted molar refractivity (Wildman–Crippen MR) is 56.6 cm³/mol. The summed E-state index contributed by atoms with van der Waals surface area (Å²) in [6.07, 6.45) is 2.02. The Morgan fingerprint density at radius 2 is 2.33 bits per heavy atom. The molecule has 0 amide bonds. The third-order valence-corrected chi connectivity index (χ3v) is 2.78. The molecule has 1 heterocycles. The second-order valence-electron chi connectivity index (χ2n) is 2.80. The van der Waals surface area contributed by atoms with Gasteiger partial charge in [0.05, 0.1) is 0 Å². The Hall–Kier alpha value is 0.0400. The van der Waals surface area contributed by atoms with E-state index in [-0.39, 0.29) is 0 Å². The van der Waals surface area contributed by atoms with Crippen LogP contribution in [-0.4, -0.2) is 14.8 Å². The van der Waals surface area contributed by atoms with Crippen molar-refractivity contribution in [1.82, 2.24) is 9.55 Å². The van der Waals surface area contributed by atoms with Gasteiger partial charge in [-0.15, -0.1) is 0 Å². The van der Waals surface area contributed by atoms with E-state index < -0.39 is 0 Å². The first-order chi connectivity index (χ1) is 5.63. The summed E-state index contributed by atoms with van der Waals surface area (Å²) in [4.78, 5) is 4.36. The van der Waals surface area contributed by atoms with E-state index in [9.17, 15) is 0 Å². The number of hydrogen-bond acceptors (Lipinski definition) is 2. The van der Waals surface area contributed by atoms with Crippen molar-refractivity contribution in [3.63, 3.8) is 0 Å². The van der Waals surface area contributed by atoms with Crippen molar-refractivity contribution in [1.29, 1.82) is 0 Å². The van der Waals surface area contributed by atoms with E-state index in [2.05, 4.69) is 46.3 Å². The first-order valence-corrected chi connectivity index (χ1v) is 5.70. The Bertz CT molecular complexity index is 258. The summed E-state index contributed by atoms with van der Waals surface area (Å²) < 4.78 is 3.07. The molecule has 0 saturated carbocycles. The monoisotopic (exact) mass is 248 g/mol. The summed E-state index contributed by atoms with van der Waals surface area (Å²) in [5, 5.41) is 1.68. The van der Waals surface area contributed by atoms with Crippen molar-refractivity contribution >= 4 is 27.7 Å². The Kier molecular flexibility index (Phi) is 3.65. The van der Waals surface area contributed by atoms with Gasteiger partial charge in [0.2, 0.25) is 0 Å². The van der Waals surface area contributed by atoms with Gasteiger partial charge in [0.1, 0.15) is 4.60 Å². The van der Waals surface area contributed by atoms with Crippen LogP contribution in [-0.2, 0) is 6.54 Å². The molecule has 68 valence electrons. The SMILES string of the molecule is CCn1cc(Br)nc1SC(C)C. The number of hydrogen-bond donors (Lipinski definition) is 0. The van der Waals surface area contributed by atoms with Crippen molar-refractivity contribution in [3.8, 4) is 0 Å². The topological polar surface area (TPSA) is 17.8 Å². The van der Waals surface area contributed by atoms with E-state index in [0.717, 1.165) is 16.3 Å². The number of imidazole rings is 1. The van der Waals surface area contributed by atoms with Crippen LogP contribution in [0.15, 0.2) is 16.0 Å². The number of rotatable bonds is 3. The smallest absolute Gasteiger partial charge is 0.169 e. The summed E-state index contributed by atoms with van der Waals surface area (Å²) >= 11 is 5.16. The first kappa shape index (κ1) is 10.1. The summed E-state index contributed by atoms with van der Waals surface area (Å²) in [6.45, 7) is 7.45. The van der Waals surface area contributed by atoms with E-state index in [1.165, 1.54) is 0 Å². The average molecular weight is 249 g/mol. The highest BCUT2D eigenvalue weighted by Crippen LogP contribution is 2.23. The van der Waals surface area contributed by atoms with Gasteiger partial charge in [-0.25, -0.2) is 4.98 Å². The van der Waals surface area contributed by atoms with Crippen molar-refractivity contribution in [2.75, 3.05) is 0 Å². The molecule has 0 saturated heterocycles. The second kappa shape index (κ2) is 4.33. The van der Waals surface area contributed by atoms with Crippen molar-refractivity contribution in [2.45, 2.75) is 37.7 Å².